The molecule has 1 heterocycles. The molecule has 1 N–H and O–H groups in total. The first-order valence-corrected chi connectivity index (χ1v) is 10.3. The first-order valence-electron chi connectivity index (χ1n) is 9.05. The number of hydrogen-bond donors (Lipinski definition) is 1. The summed E-state index contributed by atoms with van der Waals surface area (Å²) in [6.45, 7) is 1.53. The van der Waals surface area contributed by atoms with Crippen molar-refractivity contribution in [3.63, 3.8) is 0 Å². The van der Waals surface area contributed by atoms with Crippen LogP contribution in [0.25, 0.3) is 6.08 Å². The minimum atomic E-state index is -0.796. The largest absolute Gasteiger partial charge is 0.481 e. The van der Waals surface area contributed by atoms with E-state index < -0.39 is 23.6 Å². The minimum absolute atomic E-state index is 0.0866. The molecule has 0 atom stereocenters. The summed E-state index contributed by atoms with van der Waals surface area (Å²) in [5.41, 5.74) is -0.0224. The van der Waals surface area contributed by atoms with Crippen molar-refractivity contribution >= 4 is 62.8 Å². The van der Waals surface area contributed by atoms with Gasteiger partial charge >= 0.3 is 5.97 Å². The molecular weight excluding hydrogens is 491 g/mol. The van der Waals surface area contributed by atoms with Gasteiger partial charge in [-0.3, -0.25) is 14.9 Å². The highest BCUT2D eigenvalue weighted by molar-refractivity contribution is 9.10. The zero-order valence-electron chi connectivity index (χ0n) is 16.2. The highest BCUT2D eigenvalue weighted by atomic mass is 79.9. The highest BCUT2D eigenvalue weighted by Gasteiger charge is 2.35. The smallest absolute Gasteiger partial charge is 0.344 e. The van der Waals surface area contributed by atoms with Gasteiger partial charge in [-0.2, -0.15) is 0 Å². The van der Waals surface area contributed by atoms with Gasteiger partial charge < -0.3 is 9.47 Å². The zero-order chi connectivity index (χ0) is 22.5. The summed E-state index contributed by atoms with van der Waals surface area (Å²) in [7, 11) is 0. The quantitative estimate of drug-likeness (QED) is 0.280. The summed E-state index contributed by atoms with van der Waals surface area (Å²) in [5.74, 6) is -2.52. The average molecular weight is 507 g/mol. The van der Waals surface area contributed by atoms with Crippen molar-refractivity contribution in [1.82, 2.24) is 5.32 Å². The Morgan fingerprint density at radius 2 is 2.00 bits per heavy atom. The molecule has 160 valence electrons. The maximum Gasteiger partial charge on any atom is 0.344 e. The van der Waals surface area contributed by atoms with Crippen LogP contribution in [0.2, 0.25) is 0 Å². The van der Waals surface area contributed by atoms with Crippen LogP contribution in [0, 0.1) is 5.82 Å². The Labute approximate surface area is 190 Å². The number of hydrogen-bond acceptors (Lipinski definition) is 6. The number of thiocarbonyl (C=S) groups is 1. The Kier molecular flexibility index (Phi) is 7.13. The Morgan fingerprint density at radius 1 is 1.26 bits per heavy atom. The van der Waals surface area contributed by atoms with E-state index in [1.807, 2.05) is 0 Å². The van der Waals surface area contributed by atoms with E-state index in [0.717, 1.165) is 4.90 Å². The first-order chi connectivity index (χ1) is 14.8. The molecule has 0 unspecified atom stereocenters. The molecule has 3 rings (SSSR count). The van der Waals surface area contributed by atoms with Gasteiger partial charge in [0.05, 0.1) is 12.3 Å². The number of carbonyl (C=O) groups is 3. The van der Waals surface area contributed by atoms with Crippen molar-refractivity contribution in [2.75, 3.05) is 18.1 Å². The fourth-order valence-corrected chi connectivity index (χ4v) is 3.42. The van der Waals surface area contributed by atoms with Gasteiger partial charge in [-0.05, 0) is 55.5 Å². The number of amides is 2. The number of carbonyl (C=O) groups excluding carboxylic acids is 3. The topological polar surface area (TPSA) is 84.9 Å². The van der Waals surface area contributed by atoms with Crippen LogP contribution in [0.5, 0.6) is 5.75 Å². The van der Waals surface area contributed by atoms with Gasteiger partial charge in [0.2, 0.25) is 0 Å². The van der Waals surface area contributed by atoms with Crippen molar-refractivity contribution < 1.29 is 28.2 Å². The molecule has 1 saturated heterocycles. The number of ether oxygens (including phenoxy) is 2. The number of esters is 1. The summed E-state index contributed by atoms with van der Waals surface area (Å²) in [4.78, 5) is 38.1. The maximum absolute atomic E-state index is 14.3. The normalized spacial score (nSPS) is 15.1. The van der Waals surface area contributed by atoms with Crippen molar-refractivity contribution in [2.24, 2.45) is 0 Å². The van der Waals surface area contributed by atoms with Crippen LogP contribution in [0.3, 0.4) is 0 Å². The van der Waals surface area contributed by atoms with Crippen molar-refractivity contribution in [3.05, 3.63) is 63.9 Å². The van der Waals surface area contributed by atoms with Crippen LogP contribution in [0.4, 0.5) is 10.1 Å². The number of benzene rings is 2. The summed E-state index contributed by atoms with van der Waals surface area (Å²) >= 11 is 8.40. The highest BCUT2D eigenvalue weighted by Crippen LogP contribution is 2.29. The third kappa shape index (κ3) is 5.15. The molecular formula is C21H16BrFN2O5S. The lowest BCUT2D eigenvalue weighted by Gasteiger charge is -2.29. The van der Waals surface area contributed by atoms with Crippen LogP contribution >= 0.6 is 28.1 Å². The molecule has 2 aromatic carbocycles. The van der Waals surface area contributed by atoms with Gasteiger partial charge in [-0.1, -0.05) is 28.1 Å². The third-order valence-corrected chi connectivity index (χ3v) is 4.90. The lowest BCUT2D eigenvalue weighted by atomic mass is 10.1. The predicted octanol–water partition coefficient (Wildman–Crippen LogP) is 3.36. The Hall–Kier alpha value is -3.11. The van der Waals surface area contributed by atoms with E-state index in [1.165, 1.54) is 24.3 Å². The molecule has 0 saturated carbocycles. The Bertz CT molecular complexity index is 1100. The number of halogens is 2. The van der Waals surface area contributed by atoms with E-state index in [4.69, 9.17) is 21.7 Å². The maximum atomic E-state index is 14.3. The SMILES string of the molecule is CCOC(=O)COc1ccc(Br)cc1/C=C1\C(=O)NC(=S)N(c2ccccc2F)C1=O. The first kappa shape index (κ1) is 22.6. The second-order valence-corrected chi connectivity index (χ2v) is 7.49. The number of para-hydroxylation sites is 1. The van der Waals surface area contributed by atoms with E-state index in [1.54, 1.807) is 31.2 Å². The Balaban J connectivity index is 1.98. The van der Waals surface area contributed by atoms with Gasteiger partial charge in [0.15, 0.2) is 11.7 Å². The lowest BCUT2D eigenvalue weighted by molar-refractivity contribution is -0.145. The average Bonchev–Trinajstić information content (AvgIpc) is 2.72. The molecule has 7 nitrogen and oxygen atoms in total. The van der Waals surface area contributed by atoms with Gasteiger partial charge in [0.1, 0.15) is 17.1 Å². The molecule has 0 radical (unpaired) electrons. The lowest BCUT2D eigenvalue weighted by Crippen LogP contribution is -2.54. The fourth-order valence-electron chi connectivity index (χ4n) is 2.77. The van der Waals surface area contributed by atoms with Crippen LogP contribution in [-0.2, 0) is 19.1 Å². The molecule has 1 aliphatic heterocycles. The van der Waals surface area contributed by atoms with E-state index in [9.17, 15) is 18.8 Å². The molecule has 10 heteroatoms. The van der Waals surface area contributed by atoms with Crippen molar-refractivity contribution in [1.29, 1.82) is 0 Å². The summed E-state index contributed by atoms with van der Waals surface area (Å²) in [6, 6.07) is 10.4. The molecule has 2 amide bonds. The molecule has 0 bridgehead atoms. The van der Waals surface area contributed by atoms with Crippen LogP contribution < -0.4 is 15.0 Å². The molecule has 1 aliphatic rings. The predicted molar refractivity (Wildman–Crippen MR) is 119 cm³/mol. The van der Waals surface area contributed by atoms with Crippen LogP contribution in [0.1, 0.15) is 12.5 Å². The second-order valence-electron chi connectivity index (χ2n) is 6.19. The molecule has 0 aliphatic carbocycles. The molecule has 0 spiro atoms. The van der Waals surface area contributed by atoms with E-state index in [2.05, 4.69) is 21.2 Å². The van der Waals surface area contributed by atoms with E-state index in [0.29, 0.717) is 10.0 Å². The molecule has 31 heavy (non-hydrogen) atoms. The monoisotopic (exact) mass is 506 g/mol. The number of nitrogens with one attached hydrogen (secondary N) is 1. The van der Waals surface area contributed by atoms with E-state index >= 15 is 0 Å². The van der Waals surface area contributed by atoms with Gasteiger partial charge in [-0.15, -0.1) is 0 Å². The van der Waals surface area contributed by atoms with Crippen LogP contribution in [0.15, 0.2) is 52.5 Å². The van der Waals surface area contributed by atoms with Crippen molar-refractivity contribution in [3.8, 4) is 5.75 Å². The van der Waals surface area contributed by atoms with Crippen molar-refractivity contribution in [2.45, 2.75) is 6.92 Å². The van der Waals surface area contributed by atoms with Gasteiger partial charge in [0.25, 0.3) is 11.8 Å². The fraction of sp³-hybridized carbons (Fsp3) is 0.143. The number of anilines is 1. The number of nitrogens with zero attached hydrogens (tertiary/aromatic N) is 1. The van der Waals surface area contributed by atoms with Gasteiger partial charge in [-0.25, -0.2) is 14.1 Å². The molecule has 2 aromatic rings. The third-order valence-electron chi connectivity index (χ3n) is 4.12. The minimum Gasteiger partial charge on any atom is -0.481 e. The standard InChI is InChI=1S/C21H16BrFN2O5S/c1-2-29-18(26)11-30-17-8-7-13(22)9-12(17)10-14-19(27)24-21(31)25(20(14)28)16-6-4-3-5-15(16)23/h3-10H,2,11H2,1H3,(H,24,27,31)/b14-10+. The summed E-state index contributed by atoms with van der Waals surface area (Å²) < 4.78 is 25.2. The molecule has 1 fully saturated rings. The number of rotatable bonds is 6. The second kappa shape index (κ2) is 9.80. The van der Waals surface area contributed by atoms with Crippen LogP contribution in [-0.4, -0.2) is 36.1 Å². The zero-order valence-corrected chi connectivity index (χ0v) is 18.6. The summed E-state index contributed by atoms with van der Waals surface area (Å²) in [6.07, 6.45) is 1.29. The Morgan fingerprint density at radius 3 is 2.71 bits per heavy atom. The molecule has 0 aromatic heterocycles. The van der Waals surface area contributed by atoms with Gasteiger partial charge in [0, 0.05) is 10.0 Å². The van der Waals surface area contributed by atoms with E-state index in [-0.39, 0.29) is 35.3 Å². The summed E-state index contributed by atoms with van der Waals surface area (Å²) in [5, 5.41) is 2.16.